The van der Waals surface area contributed by atoms with Crippen molar-refractivity contribution in [2.24, 2.45) is 0 Å². The molecule has 1 N–H and O–H groups in total. The molecular weight excluding hydrogens is 372 g/mol. The Balaban J connectivity index is 2.23. The molecule has 0 saturated heterocycles. The van der Waals surface area contributed by atoms with Crippen LogP contribution in [0.1, 0.15) is 24.5 Å². The number of carbonyl (C=O) groups is 1. The van der Waals surface area contributed by atoms with Gasteiger partial charge >= 0.3 is 0 Å². The molecule has 0 heterocycles. The van der Waals surface area contributed by atoms with Gasteiger partial charge in [0.15, 0.2) is 0 Å². The minimum absolute atomic E-state index is 0.339. The summed E-state index contributed by atoms with van der Waals surface area (Å²) in [5.74, 6) is -0.339. The number of hydrogen-bond acceptors (Lipinski definition) is 3. The zero-order valence-electron chi connectivity index (χ0n) is 15.1. The molecule has 0 aromatic heterocycles. The van der Waals surface area contributed by atoms with Crippen LogP contribution in [-0.4, -0.2) is 26.6 Å². The van der Waals surface area contributed by atoms with Gasteiger partial charge < -0.3 is 5.32 Å². The fourth-order valence-electron chi connectivity index (χ4n) is 2.78. The monoisotopic (exact) mass is 394 g/mol. The fourth-order valence-corrected chi connectivity index (χ4v) is 4.12. The lowest BCUT2D eigenvalue weighted by atomic mass is 10.1. The molecule has 0 unspecified atom stereocenters. The first-order valence-corrected chi connectivity index (χ1v) is 10.5. The van der Waals surface area contributed by atoms with E-state index in [0.717, 1.165) is 21.7 Å². The predicted octanol–water partition coefficient (Wildman–Crippen LogP) is 3.51. The molecule has 140 valence electrons. The molecule has 7 heteroatoms. The molecule has 26 heavy (non-hydrogen) atoms. The maximum Gasteiger partial charge on any atom is 0.244 e. The Morgan fingerprint density at radius 2 is 1.85 bits per heavy atom. The first kappa shape index (κ1) is 20.3. The lowest BCUT2D eigenvalue weighted by Gasteiger charge is -2.30. The van der Waals surface area contributed by atoms with E-state index in [1.54, 1.807) is 31.2 Å². The van der Waals surface area contributed by atoms with E-state index in [2.05, 4.69) is 5.32 Å². The maximum absolute atomic E-state index is 12.7. The number of aryl methyl sites for hydroxylation is 1. The molecule has 5 nitrogen and oxygen atoms in total. The van der Waals surface area contributed by atoms with Gasteiger partial charge in [-0.3, -0.25) is 9.10 Å². The molecule has 2 aromatic carbocycles. The summed E-state index contributed by atoms with van der Waals surface area (Å²) in [4.78, 5) is 12.7. The first-order chi connectivity index (χ1) is 12.2. The third-order valence-electron chi connectivity index (χ3n) is 3.96. The van der Waals surface area contributed by atoms with E-state index in [1.807, 2.05) is 31.2 Å². The van der Waals surface area contributed by atoms with Crippen molar-refractivity contribution in [2.45, 2.75) is 32.9 Å². The topological polar surface area (TPSA) is 66.5 Å². The van der Waals surface area contributed by atoms with Gasteiger partial charge in [-0.1, -0.05) is 48.4 Å². The van der Waals surface area contributed by atoms with Gasteiger partial charge in [-0.05, 0) is 43.2 Å². The van der Waals surface area contributed by atoms with Gasteiger partial charge in [0.1, 0.15) is 6.04 Å². The summed E-state index contributed by atoms with van der Waals surface area (Å²) in [5.41, 5.74) is 2.47. The fraction of sp³-hybridized carbons (Fsp3) is 0.316. The number of sulfonamides is 1. The summed E-state index contributed by atoms with van der Waals surface area (Å²) in [7, 11) is -3.65. The lowest BCUT2D eigenvalue weighted by molar-refractivity contribution is -0.122. The number of anilines is 1. The highest BCUT2D eigenvalue weighted by Crippen LogP contribution is 2.24. The van der Waals surface area contributed by atoms with Crippen molar-refractivity contribution >= 4 is 33.2 Å². The Kier molecular flexibility index (Phi) is 6.67. The van der Waals surface area contributed by atoms with Crippen LogP contribution >= 0.6 is 11.6 Å². The minimum atomic E-state index is -3.65. The smallest absolute Gasteiger partial charge is 0.244 e. The van der Waals surface area contributed by atoms with Crippen LogP contribution in [0.3, 0.4) is 0 Å². The summed E-state index contributed by atoms with van der Waals surface area (Å²) >= 11 is 5.89. The van der Waals surface area contributed by atoms with E-state index in [9.17, 15) is 13.2 Å². The summed E-state index contributed by atoms with van der Waals surface area (Å²) in [6.07, 6.45) is 1.44. The lowest BCUT2D eigenvalue weighted by Crippen LogP contribution is -2.49. The normalized spacial score (nSPS) is 12.5. The van der Waals surface area contributed by atoms with Crippen LogP contribution in [0.25, 0.3) is 0 Å². The molecule has 0 aliphatic heterocycles. The zero-order chi connectivity index (χ0) is 19.3. The number of rotatable bonds is 7. The van der Waals surface area contributed by atoms with Crippen molar-refractivity contribution < 1.29 is 13.2 Å². The van der Waals surface area contributed by atoms with Crippen LogP contribution in [0.4, 0.5) is 5.69 Å². The van der Waals surface area contributed by atoms with Crippen molar-refractivity contribution in [1.82, 2.24) is 5.32 Å². The van der Waals surface area contributed by atoms with E-state index in [1.165, 1.54) is 0 Å². The molecule has 1 atom stereocenters. The summed E-state index contributed by atoms with van der Waals surface area (Å²) in [6, 6.07) is 13.4. The third-order valence-corrected chi connectivity index (χ3v) is 5.39. The Morgan fingerprint density at radius 3 is 2.38 bits per heavy atom. The predicted molar refractivity (Wildman–Crippen MR) is 106 cm³/mol. The van der Waals surface area contributed by atoms with Gasteiger partial charge in [-0.2, -0.15) is 0 Å². The van der Waals surface area contributed by atoms with Crippen molar-refractivity contribution in [3.05, 3.63) is 64.7 Å². The molecule has 0 spiro atoms. The molecule has 0 aliphatic carbocycles. The third kappa shape index (κ3) is 5.22. The van der Waals surface area contributed by atoms with Crippen LogP contribution < -0.4 is 9.62 Å². The number of amides is 1. The summed E-state index contributed by atoms with van der Waals surface area (Å²) in [6.45, 7) is 4.10. The average Bonchev–Trinajstić information content (AvgIpc) is 2.57. The SMILES string of the molecule is CC[C@@H](C(=O)NCc1cccc(C)c1)N(c1ccc(Cl)cc1)S(C)(=O)=O. The zero-order valence-corrected chi connectivity index (χ0v) is 16.6. The second-order valence-electron chi connectivity index (χ2n) is 6.17. The molecule has 0 radical (unpaired) electrons. The molecular formula is C19H23ClN2O3S. The molecule has 0 aliphatic rings. The Morgan fingerprint density at radius 1 is 1.19 bits per heavy atom. The van der Waals surface area contributed by atoms with Crippen LogP contribution in [0.5, 0.6) is 0 Å². The molecule has 2 rings (SSSR count). The molecule has 0 fully saturated rings. The molecule has 0 saturated carbocycles. The number of hydrogen-bond donors (Lipinski definition) is 1. The quantitative estimate of drug-likeness (QED) is 0.781. The first-order valence-electron chi connectivity index (χ1n) is 8.30. The van der Waals surface area contributed by atoms with Crippen LogP contribution in [0, 0.1) is 6.92 Å². The van der Waals surface area contributed by atoms with Gasteiger partial charge in [-0.15, -0.1) is 0 Å². The van der Waals surface area contributed by atoms with E-state index >= 15 is 0 Å². The Hall–Kier alpha value is -2.05. The number of nitrogens with zero attached hydrogens (tertiary/aromatic N) is 1. The van der Waals surface area contributed by atoms with Gasteiger partial charge in [0, 0.05) is 11.6 Å². The Labute approximate surface area is 160 Å². The summed E-state index contributed by atoms with van der Waals surface area (Å²) in [5, 5.41) is 3.34. The Bertz CT molecular complexity index is 867. The standard InChI is InChI=1S/C19H23ClN2O3S/c1-4-18(19(23)21-13-15-7-5-6-14(2)12-15)22(26(3,24)25)17-10-8-16(20)9-11-17/h5-12,18H,4,13H2,1-3H3,(H,21,23)/t18-/m0/s1. The van der Waals surface area contributed by atoms with Gasteiger partial charge in [-0.25, -0.2) is 8.42 Å². The van der Waals surface area contributed by atoms with Crippen molar-refractivity contribution in [3.63, 3.8) is 0 Å². The number of benzene rings is 2. The van der Waals surface area contributed by atoms with E-state index in [0.29, 0.717) is 23.7 Å². The second-order valence-corrected chi connectivity index (χ2v) is 8.46. The number of nitrogens with one attached hydrogen (secondary N) is 1. The van der Waals surface area contributed by atoms with Crippen molar-refractivity contribution in [2.75, 3.05) is 10.6 Å². The highest BCUT2D eigenvalue weighted by molar-refractivity contribution is 7.92. The van der Waals surface area contributed by atoms with Crippen LogP contribution in [-0.2, 0) is 21.4 Å². The van der Waals surface area contributed by atoms with Crippen LogP contribution in [0.2, 0.25) is 5.02 Å². The van der Waals surface area contributed by atoms with Crippen molar-refractivity contribution in [1.29, 1.82) is 0 Å². The van der Waals surface area contributed by atoms with Crippen LogP contribution in [0.15, 0.2) is 48.5 Å². The molecule has 2 aromatic rings. The second kappa shape index (κ2) is 8.56. The number of carbonyl (C=O) groups excluding carboxylic acids is 1. The van der Waals surface area contributed by atoms with E-state index in [-0.39, 0.29) is 5.91 Å². The van der Waals surface area contributed by atoms with Gasteiger partial charge in [0.2, 0.25) is 15.9 Å². The minimum Gasteiger partial charge on any atom is -0.350 e. The maximum atomic E-state index is 12.7. The highest BCUT2D eigenvalue weighted by atomic mass is 35.5. The van der Waals surface area contributed by atoms with Gasteiger partial charge in [0.25, 0.3) is 0 Å². The van der Waals surface area contributed by atoms with E-state index in [4.69, 9.17) is 11.6 Å². The van der Waals surface area contributed by atoms with Gasteiger partial charge in [0.05, 0.1) is 11.9 Å². The number of halogens is 1. The average molecular weight is 395 g/mol. The summed E-state index contributed by atoms with van der Waals surface area (Å²) < 4.78 is 25.9. The van der Waals surface area contributed by atoms with Crippen molar-refractivity contribution in [3.8, 4) is 0 Å². The molecule has 1 amide bonds. The highest BCUT2D eigenvalue weighted by Gasteiger charge is 2.31. The van der Waals surface area contributed by atoms with E-state index < -0.39 is 16.1 Å². The molecule has 0 bridgehead atoms. The largest absolute Gasteiger partial charge is 0.350 e.